The van der Waals surface area contributed by atoms with Gasteiger partial charge in [-0.05, 0) is 37.8 Å². The maximum absolute atomic E-state index is 12.6. The number of rotatable bonds is 6. The number of carbonyl (C=O) groups is 2. The van der Waals surface area contributed by atoms with Crippen LogP contribution in [0.25, 0.3) is 0 Å². The van der Waals surface area contributed by atoms with E-state index in [9.17, 15) is 9.59 Å². The second kappa shape index (κ2) is 7.79. The summed E-state index contributed by atoms with van der Waals surface area (Å²) in [5, 5.41) is 5.65. The number of carbonyl (C=O) groups excluding carboxylic acids is 2. The molecule has 2 aliphatic heterocycles. The first-order valence-electron chi connectivity index (χ1n) is 8.99. The summed E-state index contributed by atoms with van der Waals surface area (Å²) in [4.78, 5) is 26.4. The predicted octanol–water partition coefficient (Wildman–Crippen LogP) is 1.85. The molecule has 2 aliphatic rings. The van der Waals surface area contributed by atoms with Crippen LogP contribution in [-0.4, -0.2) is 42.9 Å². The fourth-order valence-electron chi connectivity index (χ4n) is 4.17. The van der Waals surface area contributed by atoms with Gasteiger partial charge in [-0.2, -0.15) is 0 Å². The molecule has 130 valence electrons. The maximum Gasteiger partial charge on any atom is 0.224 e. The highest BCUT2D eigenvalue weighted by atomic mass is 16.2. The number of hydrogen-bond donors (Lipinski definition) is 2. The van der Waals surface area contributed by atoms with E-state index in [2.05, 4.69) is 39.8 Å². The third-order valence-electron chi connectivity index (χ3n) is 5.36. The van der Waals surface area contributed by atoms with Crippen molar-refractivity contribution < 1.29 is 9.59 Å². The van der Waals surface area contributed by atoms with Crippen molar-refractivity contribution in [3.63, 3.8) is 0 Å². The quantitative estimate of drug-likeness (QED) is 0.783. The topological polar surface area (TPSA) is 61.4 Å². The highest BCUT2D eigenvalue weighted by Gasteiger charge is 2.46. The highest BCUT2D eigenvalue weighted by molar-refractivity contribution is 5.80. The molecule has 24 heavy (non-hydrogen) atoms. The van der Waals surface area contributed by atoms with E-state index in [1.807, 2.05) is 6.07 Å². The lowest BCUT2D eigenvalue weighted by molar-refractivity contribution is -0.126. The van der Waals surface area contributed by atoms with E-state index in [1.165, 1.54) is 12.0 Å². The highest BCUT2D eigenvalue weighted by Crippen LogP contribution is 2.44. The number of fused-ring (bicyclic) bond motifs is 1. The van der Waals surface area contributed by atoms with Crippen molar-refractivity contribution in [3.8, 4) is 0 Å². The molecule has 0 spiro atoms. The first-order valence-corrected chi connectivity index (χ1v) is 8.99. The Balaban J connectivity index is 1.57. The summed E-state index contributed by atoms with van der Waals surface area (Å²) in [5.74, 6) is 0.246. The summed E-state index contributed by atoms with van der Waals surface area (Å²) in [6, 6.07) is 11.3. The summed E-state index contributed by atoms with van der Waals surface area (Å²) in [5.41, 5.74) is 1.32. The smallest absolute Gasteiger partial charge is 0.224 e. The fraction of sp³-hybridized carbons (Fsp3) is 0.579. The summed E-state index contributed by atoms with van der Waals surface area (Å²) in [7, 11) is 1.64. The second-order valence-electron chi connectivity index (χ2n) is 6.78. The molecule has 2 N–H and O–H groups in total. The lowest BCUT2D eigenvalue weighted by atomic mass is 9.93. The Bertz CT molecular complexity index is 575. The molecule has 3 atom stereocenters. The summed E-state index contributed by atoms with van der Waals surface area (Å²) in [6.45, 7) is 1.66. The fourth-order valence-corrected chi connectivity index (χ4v) is 4.17. The van der Waals surface area contributed by atoms with Gasteiger partial charge in [-0.1, -0.05) is 30.3 Å². The van der Waals surface area contributed by atoms with Crippen molar-refractivity contribution in [1.82, 2.24) is 15.5 Å². The third kappa shape index (κ3) is 3.61. The standard InChI is InChI=1S/C19H27N3O2/c1-20-18(23)10-5-11-21-19(24)15-13-17(14-7-3-2-4-8-14)22-12-6-9-16(15)22/h2-4,7-8,15-17H,5-6,9-13H2,1H3,(H,20,23)(H,21,24)/t15-,16+,17-/m0/s1. The van der Waals surface area contributed by atoms with Crippen LogP contribution in [0.4, 0.5) is 0 Å². The number of nitrogens with one attached hydrogen (secondary N) is 2. The zero-order chi connectivity index (χ0) is 16.9. The largest absolute Gasteiger partial charge is 0.359 e. The zero-order valence-electron chi connectivity index (χ0n) is 14.3. The Morgan fingerprint density at radius 2 is 2.04 bits per heavy atom. The molecule has 0 unspecified atom stereocenters. The van der Waals surface area contributed by atoms with Gasteiger partial charge in [-0.3, -0.25) is 14.5 Å². The van der Waals surface area contributed by atoms with Gasteiger partial charge in [0.15, 0.2) is 0 Å². The van der Waals surface area contributed by atoms with Gasteiger partial charge < -0.3 is 10.6 Å². The van der Waals surface area contributed by atoms with Crippen molar-refractivity contribution in [3.05, 3.63) is 35.9 Å². The molecule has 0 aromatic heterocycles. The van der Waals surface area contributed by atoms with Gasteiger partial charge in [-0.25, -0.2) is 0 Å². The van der Waals surface area contributed by atoms with E-state index in [-0.39, 0.29) is 17.7 Å². The van der Waals surface area contributed by atoms with Crippen LogP contribution in [0.5, 0.6) is 0 Å². The lowest BCUT2D eigenvalue weighted by Crippen LogP contribution is -2.38. The molecule has 2 amide bonds. The minimum absolute atomic E-state index is 0.0243. The molecule has 3 rings (SSSR count). The van der Waals surface area contributed by atoms with Crippen LogP contribution >= 0.6 is 0 Å². The first-order chi connectivity index (χ1) is 11.7. The monoisotopic (exact) mass is 329 g/mol. The van der Waals surface area contributed by atoms with E-state index in [0.717, 1.165) is 19.4 Å². The Morgan fingerprint density at radius 1 is 1.25 bits per heavy atom. The van der Waals surface area contributed by atoms with Crippen LogP contribution in [0.3, 0.4) is 0 Å². The lowest BCUT2D eigenvalue weighted by Gasteiger charge is -2.24. The molecule has 0 aliphatic carbocycles. The van der Waals surface area contributed by atoms with Crippen molar-refractivity contribution >= 4 is 11.8 Å². The molecule has 2 saturated heterocycles. The second-order valence-corrected chi connectivity index (χ2v) is 6.78. The molecular weight excluding hydrogens is 302 g/mol. The molecule has 1 aromatic rings. The molecule has 5 nitrogen and oxygen atoms in total. The van der Waals surface area contributed by atoms with Crippen LogP contribution < -0.4 is 10.6 Å². The van der Waals surface area contributed by atoms with Crippen LogP contribution in [0.15, 0.2) is 30.3 Å². The maximum atomic E-state index is 12.6. The van der Waals surface area contributed by atoms with Gasteiger partial charge in [0, 0.05) is 32.1 Å². The van der Waals surface area contributed by atoms with Gasteiger partial charge in [-0.15, -0.1) is 0 Å². The minimum atomic E-state index is 0.0243. The average molecular weight is 329 g/mol. The van der Waals surface area contributed by atoms with Crippen LogP contribution in [0.1, 0.15) is 43.7 Å². The SMILES string of the molecule is CNC(=O)CCCNC(=O)[C@H]1C[C@@H](c2ccccc2)N2CCC[C@H]12. The summed E-state index contributed by atoms with van der Waals surface area (Å²) in [6.07, 6.45) is 4.34. The summed E-state index contributed by atoms with van der Waals surface area (Å²) >= 11 is 0. The number of hydrogen-bond acceptors (Lipinski definition) is 3. The van der Waals surface area contributed by atoms with Crippen molar-refractivity contribution in [2.75, 3.05) is 20.1 Å². The average Bonchev–Trinajstić information content (AvgIpc) is 3.21. The molecule has 2 heterocycles. The van der Waals surface area contributed by atoms with Gasteiger partial charge in [0.25, 0.3) is 0 Å². The molecule has 2 fully saturated rings. The van der Waals surface area contributed by atoms with E-state index in [0.29, 0.717) is 31.5 Å². The zero-order valence-corrected chi connectivity index (χ0v) is 14.3. The van der Waals surface area contributed by atoms with Gasteiger partial charge >= 0.3 is 0 Å². The van der Waals surface area contributed by atoms with Crippen LogP contribution in [-0.2, 0) is 9.59 Å². The molecule has 0 saturated carbocycles. The Hall–Kier alpha value is -1.88. The predicted molar refractivity (Wildman–Crippen MR) is 93.3 cm³/mol. The Labute approximate surface area is 143 Å². The number of benzene rings is 1. The van der Waals surface area contributed by atoms with Gasteiger partial charge in [0.1, 0.15) is 0 Å². The minimum Gasteiger partial charge on any atom is -0.359 e. The number of nitrogens with zero attached hydrogens (tertiary/aromatic N) is 1. The molecular formula is C19H27N3O2. The number of amides is 2. The summed E-state index contributed by atoms with van der Waals surface area (Å²) < 4.78 is 0. The Morgan fingerprint density at radius 3 is 2.79 bits per heavy atom. The van der Waals surface area contributed by atoms with E-state index < -0.39 is 0 Å². The van der Waals surface area contributed by atoms with E-state index in [1.54, 1.807) is 7.05 Å². The van der Waals surface area contributed by atoms with Crippen molar-refractivity contribution in [1.29, 1.82) is 0 Å². The van der Waals surface area contributed by atoms with Crippen molar-refractivity contribution in [2.24, 2.45) is 5.92 Å². The van der Waals surface area contributed by atoms with E-state index in [4.69, 9.17) is 0 Å². The molecule has 0 radical (unpaired) electrons. The van der Waals surface area contributed by atoms with Crippen molar-refractivity contribution in [2.45, 2.75) is 44.2 Å². The Kier molecular flexibility index (Phi) is 5.51. The third-order valence-corrected chi connectivity index (χ3v) is 5.36. The van der Waals surface area contributed by atoms with Gasteiger partial charge in [0.05, 0.1) is 5.92 Å². The van der Waals surface area contributed by atoms with Gasteiger partial charge in [0.2, 0.25) is 11.8 Å². The normalized spacial score (nSPS) is 26.1. The van der Waals surface area contributed by atoms with Crippen LogP contribution in [0.2, 0.25) is 0 Å². The molecule has 0 bridgehead atoms. The molecule has 1 aromatic carbocycles. The first kappa shape index (κ1) is 17.0. The van der Waals surface area contributed by atoms with E-state index >= 15 is 0 Å². The molecule has 5 heteroatoms. The van der Waals surface area contributed by atoms with Crippen LogP contribution in [0, 0.1) is 5.92 Å².